The Balaban J connectivity index is 0.000000414. The number of rotatable bonds is 5. The minimum Gasteiger partial charge on any atom is -0.478 e. The number of anilines is 2. The summed E-state index contributed by atoms with van der Waals surface area (Å²) in [6, 6.07) is 7.77. The Bertz CT molecular complexity index is 1040. The van der Waals surface area contributed by atoms with Crippen molar-refractivity contribution >= 4 is 29.2 Å². The number of likely N-dealkylation sites (N-methyl/N-ethyl adjacent to an activating group) is 1. The molecular formula is C22H22F3N3O5. The first-order chi connectivity index (χ1) is 15.6. The molecule has 8 nitrogen and oxygen atoms in total. The SMILES string of the molecule is CN1CCN(C(=O)c2ccc(F)c(F)c2Nc2ccccc2F)CC1.O=C(O)C=CC(=O)O. The lowest BCUT2D eigenvalue weighted by molar-refractivity contribution is -0.134. The molecule has 1 heterocycles. The van der Waals surface area contributed by atoms with Crippen LogP contribution in [0.3, 0.4) is 0 Å². The van der Waals surface area contributed by atoms with E-state index in [9.17, 15) is 27.6 Å². The Labute approximate surface area is 187 Å². The number of aliphatic carboxylic acids is 2. The normalized spacial score (nSPS) is 13.9. The van der Waals surface area contributed by atoms with Crippen molar-refractivity contribution in [3.63, 3.8) is 0 Å². The smallest absolute Gasteiger partial charge is 0.328 e. The molecule has 0 aromatic heterocycles. The molecule has 0 spiro atoms. The maximum absolute atomic E-state index is 14.3. The van der Waals surface area contributed by atoms with Crippen LogP contribution in [0.25, 0.3) is 0 Å². The van der Waals surface area contributed by atoms with Gasteiger partial charge in [-0.25, -0.2) is 22.8 Å². The van der Waals surface area contributed by atoms with Crippen molar-refractivity contribution in [2.24, 2.45) is 0 Å². The number of benzene rings is 2. The number of hydrogen-bond donors (Lipinski definition) is 3. The van der Waals surface area contributed by atoms with Gasteiger partial charge in [0.05, 0.1) is 16.9 Å². The molecule has 0 aliphatic carbocycles. The molecule has 0 radical (unpaired) electrons. The zero-order valence-electron chi connectivity index (χ0n) is 17.6. The largest absolute Gasteiger partial charge is 0.478 e. The van der Waals surface area contributed by atoms with Crippen LogP contribution in [-0.2, 0) is 9.59 Å². The summed E-state index contributed by atoms with van der Waals surface area (Å²) in [5.41, 5.74) is -0.403. The first kappa shape index (κ1) is 25.4. The van der Waals surface area contributed by atoms with E-state index in [0.29, 0.717) is 38.3 Å². The van der Waals surface area contributed by atoms with E-state index in [-0.39, 0.29) is 16.9 Å². The van der Waals surface area contributed by atoms with Crippen LogP contribution in [0.5, 0.6) is 0 Å². The number of amides is 1. The maximum atomic E-state index is 14.3. The lowest BCUT2D eigenvalue weighted by Gasteiger charge is -2.33. The predicted octanol–water partition coefficient (Wildman–Crippen LogP) is 2.95. The molecule has 1 amide bonds. The molecule has 11 heteroatoms. The monoisotopic (exact) mass is 465 g/mol. The third-order valence-electron chi connectivity index (χ3n) is 4.62. The summed E-state index contributed by atoms with van der Waals surface area (Å²) in [4.78, 5) is 35.5. The number of nitrogens with zero attached hydrogens (tertiary/aromatic N) is 2. The van der Waals surface area contributed by atoms with Crippen molar-refractivity contribution in [1.29, 1.82) is 0 Å². The number of hydrogen-bond acceptors (Lipinski definition) is 5. The fourth-order valence-corrected chi connectivity index (χ4v) is 2.87. The van der Waals surface area contributed by atoms with Crippen LogP contribution in [0.1, 0.15) is 10.4 Å². The number of carbonyl (C=O) groups is 3. The number of carboxylic acids is 2. The van der Waals surface area contributed by atoms with E-state index in [1.165, 1.54) is 24.3 Å². The first-order valence-corrected chi connectivity index (χ1v) is 9.71. The summed E-state index contributed by atoms with van der Waals surface area (Å²) in [5.74, 6) is -5.85. The first-order valence-electron chi connectivity index (χ1n) is 9.71. The van der Waals surface area contributed by atoms with Gasteiger partial charge >= 0.3 is 11.9 Å². The minimum atomic E-state index is -1.26. The van der Waals surface area contributed by atoms with Gasteiger partial charge in [0.25, 0.3) is 5.91 Å². The van der Waals surface area contributed by atoms with Gasteiger partial charge in [0, 0.05) is 38.3 Å². The molecule has 1 aliphatic rings. The summed E-state index contributed by atoms with van der Waals surface area (Å²) in [5, 5.41) is 18.2. The Kier molecular flexibility index (Phi) is 8.98. The van der Waals surface area contributed by atoms with Crippen molar-refractivity contribution < 1.29 is 37.8 Å². The average molecular weight is 465 g/mol. The topological polar surface area (TPSA) is 110 Å². The zero-order chi connectivity index (χ0) is 24.5. The zero-order valence-corrected chi connectivity index (χ0v) is 17.6. The number of carboxylic acid groups (broad SMARTS) is 2. The van der Waals surface area contributed by atoms with Crippen LogP contribution >= 0.6 is 0 Å². The summed E-state index contributed by atoms with van der Waals surface area (Å²) in [7, 11) is 1.95. The van der Waals surface area contributed by atoms with Crippen LogP contribution in [0.2, 0.25) is 0 Å². The van der Waals surface area contributed by atoms with Gasteiger partial charge < -0.3 is 25.3 Å². The molecule has 1 saturated heterocycles. The number of para-hydroxylation sites is 1. The Morgan fingerprint density at radius 1 is 0.879 bits per heavy atom. The molecule has 3 rings (SSSR count). The molecular weight excluding hydrogens is 443 g/mol. The highest BCUT2D eigenvalue weighted by Gasteiger charge is 2.25. The highest BCUT2D eigenvalue weighted by Crippen LogP contribution is 2.29. The highest BCUT2D eigenvalue weighted by atomic mass is 19.2. The minimum absolute atomic E-state index is 0.0216. The molecule has 33 heavy (non-hydrogen) atoms. The van der Waals surface area contributed by atoms with Gasteiger partial charge in [-0.2, -0.15) is 0 Å². The fraction of sp³-hybridized carbons (Fsp3) is 0.227. The van der Waals surface area contributed by atoms with Crippen molar-refractivity contribution in [3.05, 3.63) is 71.6 Å². The van der Waals surface area contributed by atoms with Crippen LogP contribution in [0.15, 0.2) is 48.6 Å². The van der Waals surface area contributed by atoms with E-state index in [2.05, 4.69) is 10.2 Å². The van der Waals surface area contributed by atoms with Gasteiger partial charge in [-0.1, -0.05) is 12.1 Å². The van der Waals surface area contributed by atoms with Crippen molar-refractivity contribution in [2.45, 2.75) is 0 Å². The molecule has 1 aliphatic heterocycles. The molecule has 2 aromatic rings. The lowest BCUT2D eigenvalue weighted by Crippen LogP contribution is -2.47. The number of nitrogens with one attached hydrogen (secondary N) is 1. The van der Waals surface area contributed by atoms with Crippen LogP contribution < -0.4 is 5.32 Å². The van der Waals surface area contributed by atoms with Gasteiger partial charge in [0.15, 0.2) is 11.6 Å². The second kappa shape index (κ2) is 11.7. The third-order valence-corrected chi connectivity index (χ3v) is 4.62. The summed E-state index contributed by atoms with van der Waals surface area (Å²) in [6.45, 7) is 2.39. The Morgan fingerprint density at radius 3 is 2.00 bits per heavy atom. The van der Waals surface area contributed by atoms with Crippen LogP contribution in [0, 0.1) is 17.5 Å². The highest BCUT2D eigenvalue weighted by molar-refractivity contribution is 6.00. The second-order valence-corrected chi connectivity index (χ2v) is 6.99. The van der Waals surface area contributed by atoms with E-state index in [1.54, 1.807) is 11.0 Å². The number of halogens is 3. The van der Waals surface area contributed by atoms with Gasteiger partial charge in [-0.15, -0.1) is 0 Å². The second-order valence-electron chi connectivity index (χ2n) is 6.99. The quantitative estimate of drug-likeness (QED) is 0.583. The van der Waals surface area contributed by atoms with Gasteiger partial charge in [0.2, 0.25) is 0 Å². The van der Waals surface area contributed by atoms with E-state index in [4.69, 9.17) is 10.2 Å². The number of carbonyl (C=O) groups excluding carboxylic acids is 1. The Hall–Kier alpha value is -3.86. The fourth-order valence-electron chi connectivity index (χ4n) is 2.87. The van der Waals surface area contributed by atoms with E-state index < -0.39 is 35.3 Å². The molecule has 0 unspecified atom stereocenters. The van der Waals surface area contributed by atoms with Crippen LogP contribution in [0.4, 0.5) is 24.5 Å². The maximum Gasteiger partial charge on any atom is 0.328 e. The Morgan fingerprint density at radius 2 is 1.45 bits per heavy atom. The lowest BCUT2D eigenvalue weighted by atomic mass is 10.1. The molecule has 1 fully saturated rings. The number of piperazine rings is 1. The van der Waals surface area contributed by atoms with Gasteiger partial charge in [-0.05, 0) is 31.3 Å². The van der Waals surface area contributed by atoms with Crippen molar-refractivity contribution in [3.8, 4) is 0 Å². The van der Waals surface area contributed by atoms with E-state index in [0.717, 1.165) is 6.07 Å². The van der Waals surface area contributed by atoms with Crippen molar-refractivity contribution in [2.75, 3.05) is 38.5 Å². The molecule has 3 N–H and O–H groups in total. The van der Waals surface area contributed by atoms with Gasteiger partial charge in [0.1, 0.15) is 5.82 Å². The summed E-state index contributed by atoms with van der Waals surface area (Å²) in [6.07, 6.45) is 1.12. The van der Waals surface area contributed by atoms with Crippen LogP contribution in [-0.4, -0.2) is 71.1 Å². The van der Waals surface area contributed by atoms with E-state index >= 15 is 0 Å². The van der Waals surface area contributed by atoms with Gasteiger partial charge in [-0.3, -0.25) is 4.79 Å². The predicted molar refractivity (Wildman–Crippen MR) is 114 cm³/mol. The third kappa shape index (κ3) is 7.35. The van der Waals surface area contributed by atoms with Crippen molar-refractivity contribution in [1.82, 2.24) is 9.80 Å². The molecule has 2 aromatic carbocycles. The molecule has 0 atom stereocenters. The average Bonchev–Trinajstić information content (AvgIpc) is 2.77. The molecule has 0 bridgehead atoms. The standard InChI is InChI=1S/C18H18F3N3O.C4H4O4/c1-23-8-10-24(11-9-23)18(25)12-6-7-14(20)16(21)17(12)22-15-5-3-2-4-13(15)19;5-3(6)1-2-4(7)8/h2-7,22H,8-11H2,1H3;1-2H,(H,5,6)(H,7,8). The summed E-state index contributed by atoms with van der Waals surface area (Å²) >= 11 is 0. The molecule has 176 valence electrons. The van der Waals surface area contributed by atoms with E-state index in [1.807, 2.05) is 7.05 Å². The molecule has 0 saturated carbocycles. The summed E-state index contributed by atoms with van der Waals surface area (Å²) < 4.78 is 41.9.